The SMILES string of the molecule is CCc1ccc([C@H]2C[C@@H](N(C)C(=O)[C@H]3C[C@@](C)(NC(=O)OC)C3)C2)cc1C. The molecule has 0 saturated heterocycles. The van der Waals surface area contributed by atoms with E-state index in [1.165, 1.54) is 23.8 Å². The predicted molar refractivity (Wildman–Crippen MR) is 106 cm³/mol. The zero-order valence-corrected chi connectivity index (χ0v) is 17.2. The first-order chi connectivity index (χ1) is 12.8. The van der Waals surface area contributed by atoms with Gasteiger partial charge in [0.1, 0.15) is 0 Å². The Morgan fingerprint density at radius 2 is 1.96 bits per heavy atom. The Hall–Kier alpha value is -2.04. The summed E-state index contributed by atoms with van der Waals surface area (Å²) in [6, 6.07) is 7.15. The van der Waals surface area contributed by atoms with Crippen LogP contribution in [0.3, 0.4) is 0 Å². The Balaban J connectivity index is 1.49. The van der Waals surface area contributed by atoms with Crippen molar-refractivity contribution < 1.29 is 14.3 Å². The van der Waals surface area contributed by atoms with Crippen LogP contribution in [-0.2, 0) is 16.0 Å². The molecule has 148 valence electrons. The second kappa shape index (κ2) is 7.53. The van der Waals surface area contributed by atoms with Crippen molar-refractivity contribution in [1.82, 2.24) is 10.2 Å². The molecular formula is C22H32N2O3. The number of amides is 2. The molecule has 0 aliphatic heterocycles. The van der Waals surface area contributed by atoms with Gasteiger partial charge in [-0.15, -0.1) is 0 Å². The molecule has 2 saturated carbocycles. The van der Waals surface area contributed by atoms with Gasteiger partial charge in [0, 0.05) is 24.5 Å². The molecule has 1 aromatic carbocycles. The maximum atomic E-state index is 12.8. The molecule has 5 nitrogen and oxygen atoms in total. The van der Waals surface area contributed by atoms with Crippen LogP contribution in [0.5, 0.6) is 0 Å². The summed E-state index contributed by atoms with van der Waals surface area (Å²) in [6.45, 7) is 6.34. The summed E-state index contributed by atoms with van der Waals surface area (Å²) in [7, 11) is 3.29. The molecule has 5 heteroatoms. The van der Waals surface area contributed by atoms with Crippen LogP contribution in [0.25, 0.3) is 0 Å². The van der Waals surface area contributed by atoms with Gasteiger partial charge >= 0.3 is 6.09 Å². The Bertz CT molecular complexity index is 718. The van der Waals surface area contributed by atoms with Crippen molar-refractivity contribution in [2.24, 2.45) is 5.92 Å². The van der Waals surface area contributed by atoms with Crippen molar-refractivity contribution in [3.63, 3.8) is 0 Å². The van der Waals surface area contributed by atoms with Crippen LogP contribution in [0.2, 0.25) is 0 Å². The van der Waals surface area contributed by atoms with Gasteiger partial charge in [-0.1, -0.05) is 25.1 Å². The van der Waals surface area contributed by atoms with Crippen LogP contribution >= 0.6 is 0 Å². The standard InChI is InChI=1S/C22H32N2O3/c1-6-15-7-8-16(9-14(15)2)17-10-19(11-17)24(4)20(25)18-12-22(3,13-18)23-21(26)27-5/h7-9,17-19H,6,10-13H2,1-5H3,(H,23,26)/t17-,18-,19+,22+. The predicted octanol–water partition coefficient (Wildman–Crippen LogP) is 3.79. The first-order valence-electron chi connectivity index (χ1n) is 9.98. The maximum absolute atomic E-state index is 12.8. The lowest BCUT2D eigenvalue weighted by Crippen LogP contribution is -2.59. The third-order valence-corrected chi connectivity index (χ3v) is 6.56. The van der Waals surface area contributed by atoms with Gasteiger partial charge < -0.3 is 15.0 Å². The number of methoxy groups -OCH3 is 1. The van der Waals surface area contributed by atoms with E-state index in [-0.39, 0.29) is 17.4 Å². The van der Waals surface area contributed by atoms with Crippen LogP contribution in [0.1, 0.15) is 62.1 Å². The van der Waals surface area contributed by atoms with Crippen molar-refractivity contribution >= 4 is 12.0 Å². The lowest BCUT2D eigenvalue weighted by atomic mass is 9.68. The molecule has 2 amide bonds. The summed E-state index contributed by atoms with van der Waals surface area (Å²) in [5.74, 6) is 0.768. The number of benzene rings is 1. The normalized spacial score (nSPS) is 29.3. The zero-order valence-electron chi connectivity index (χ0n) is 17.2. The molecule has 1 N–H and O–H groups in total. The van der Waals surface area contributed by atoms with E-state index in [0.29, 0.717) is 24.8 Å². The quantitative estimate of drug-likeness (QED) is 0.855. The summed E-state index contributed by atoms with van der Waals surface area (Å²) in [6.07, 6.45) is 4.08. The number of ether oxygens (including phenoxy) is 1. The highest BCUT2D eigenvalue weighted by Crippen LogP contribution is 2.43. The summed E-state index contributed by atoms with van der Waals surface area (Å²) < 4.78 is 4.66. The highest BCUT2D eigenvalue weighted by molar-refractivity contribution is 5.81. The molecule has 2 aliphatic carbocycles. The molecule has 0 unspecified atom stereocenters. The van der Waals surface area contributed by atoms with Gasteiger partial charge in [-0.2, -0.15) is 0 Å². The fourth-order valence-corrected chi connectivity index (χ4v) is 4.62. The number of hydrogen-bond acceptors (Lipinski definition) is 3. The van der Waals surface area contributed by atoms with Gasteiger partial charge in [-0.05, 0) is 68.6 Å². The van der Waals surface area contributed by atoms with E-state index in [2.05, 4.69) is 42.1 Å². The molecular weight excluding hydrogens is 340 g/mol. The third-order valence-electron chi connectivity index (χ3n) is 6.56. The Morgan fingerprint density at radius 1 is 1.30 bits per heavy atom. The maximum Gasteiger partial charge on any atom is 0.407 e. The highest BCUT2D eigenvalue weighted by atomic mass is 16.5. The Morgan fingerprint density at radius 3 is 2.52 bits per heavy atom. The van der Waals surface area contributed by atoms with Crippen molar-refractivity contribution in [3.8, 4) is 0 Å². The second-order valence-corrected chi connectivity index (χ2v) is 8.59. The third kappa shape index (κ3) is 3.97. The fraction of sp³-hybridized carbons (Fsp3) is 0.636. The van der Waals surface area contributed by atoms with Crippen molar-refractivity contribution in [3.05, 3.63) is 34.9 Å². The number of carbonyl (C=O) groups is 2. The van der Waals surface area contributed by atoms with Gasteiger partial charge in [0.15, 0.2) is 0 Å². The summed E-state index contributed by atoms with van der Waals surface area (Å²) in [5, 5.41) is 2.83. The van der Waals surface area contributed by atoms with Crippen LogP contribution in [0.4, 0.5) is 4.79 Å². The largest absolute Gasteiger partial charge is 0.453 e. The van der Waals surface area contributed by atoms with E-state index in [0.717, 1.165) is 19.3 Å². The van der Waals surface area contributed by atoms with Crippen molar-refractivity contribution in [2.75, 3.05) is 14.2 Å². The lowest BCUT2D eigenvalue weighted by Gasteiger charge is -2.48. The number of nitrogens with zero attached hydrogens (tertiary/aromatic N) is 1. The van der Waals surface area contributed by atoms with E-state index in [1.54, 1.807) is 0 Å². The van der Waals surface area contributed by atoms with Crippen LogP contribution in [0, 0.1) is 12.8 Å². The van der Waals surface area contributed by atoms with E-state index < -0.39 is 6.09 Å². The van der Waals surface area contributed by atoms with Gasteiger partial charge in [-0.3, -0.25) is 4.79 Å². The van der Waals surface area contributed by atoms with Crippen LogP contribution in [-0.4, -0.2) is 42.6 Å². The molecule has 0 spiro atoms. The minimum absolute atomic E-state index is 0.00212. The van der Waals surface area contributed by atoms with E-state index in [4.69, 9.17) is 0 Å². The molecule has 0 bridgehead atoms. The molecule has 1 aromatic rings. The van der Waals surface area contributed by atoms with Crippen molar-refractivity contribution in [1.29, 1.82) is 0 Å². The smallest absolute Gasteiger partial charge is 0.407 e. The second-order valence-electron chi connectivity index (χ2n) is 8.59. The number of rotatable bonds is 5. The summed E-state index contributed by atoms with van der Waals surface area (Å²) in [4.78, 5) is 26.1. The van der Waals surface area contributed by atoms with Crippen LogP contribution in [0.15, 0.2) is 18.2 Å². The number of alkyl carbamates (subject to hydrolysis) is 1. The van der Waals surface area contributed by atoms with Gasteiger partial charge in [0.05, 0.1) is 7.11 Å². The minimum Gasteiger partial charge on any atom is -0.453 e. The van der Waals surface area contributed by atoms with E-state index in [1.807, 2.05) is 18.9 Å². The number of nitrogens with one attached hydrogen (secondary N) is 1. The van der Waals surface area contributed by atoms with E-state index >= 15 is 0 Å². The Labute approximate surface area is 162 Å². The molecule has 27 heavy (non-hydrogen) atoms. The number of aryl methyl sites for hydroxylation is 2. The molecule has 0 radical (unpaired) electrons. The molecule has 0 heterocycles. The summed E-state index contributed by atoms with van der Waals surface area (Å²) >= 11 is 0. The average Bonchev–Trinajstić information content (AvgIpc) is 2.57. The number of hydrogen-bond donors (Lipinski definition) is 1. The van der Waals surface area contributed by atoms with Crippen LogP contribution < -0.4 is 5.32 Å². The molecule has 0 atom stereocenters. The first kappa shape index (κ1) is 19.7. The summed E-state index contributed by atoms with van der Waals surface area (Å²) in [5.41, 5.74) is 3.86. The monoisotopic (exact) mass is 372 g/mol. The van der Waals surface area contributed by atoms with Gasteiger partial charge in [0.2, 0.25) is 5.91 Å². The average molecular weight is 373 g/mol. The van der Waals surface area contributed by atoms with Gasteiger partial charge in [0.25, 0.3) is 0 Å². The first-order valence-corrected chi connectivity index (χ1v) is 9.98. The fourth-order valence-electron chi connectivity index (χ4n) is 4.62. The highest BCUT2D eigenvalue weighted by Gasteiger charge is 2.47. The molecule has 3 rings (SSSR count). The molecule has 2 fully saturated rings. The number of carbonyl (C=O) groups excluding carboxylic acids is 2. The lowest BCUT2D eigenvalue weighted by molar-refractivity contribution is -0.143. The van der Waals surface area contributed by atoms with Crippen molar-refractivity contribution in [2.45, 2.75) is 70.4 Å². The Kier molecular flexibility index (Phi) is 5.50. The van der Waals surface area contributed by atoms with E-state index in [9.17, 15) is 9.59 Å². The zero-order chi connectivity index (χ0) is 19.8. The molecule has 0 aromatic heterocycles. The van der Waals surface area contributed by atoms with Gasteiger partial charge in [-0.25, -0.2) is 4.79 Å². The minimum atomic E-state index is -0.428. The molecule has 2 aliphatic rings. The topological polar surface area (TPSA) is 58.6 Å².